The van der Waals surface area contributed by atoms with Crippen molar-refractivity contribution >= 4 is 5.69 Å². The molecule has 1 aliphatic carbocycles. The summed E-state index contributed by atoms with van der Waals surface area (Å²) in [6, 6.07) is 10.3. The van der Waals surface area contributed by atoms with E-state index < -0.39 is 0 Å². The lowest BCUT2D eigenvalue weighted by Gasteiger charge is -2.43. The molecule has 0 aromatic heterocycles. The molecule has 1 fully saturated rings. The van der Waals surface area contributed by atoms with Crippen LogP contribution in [0.1, 0.15) is 50.6 Å². The monoisotopic (exact) mass is 258 g/mol. The molecule has 0 saturated heterocycles. The highest BCUT2D eigenvalue weighted by Gasteiger charge is 2.30. The maximum absolute atomic E-state index is 3.47. The van der Waals surface area contributed by atoms with Crippen LogP contribution in [0.2, 0.25) is 0 Å². The first-order valence-corrected chi connectivity index (χ1v) is 7.82. The number of hydrogen-bond acceptors (Lipinski definition) is 2. The molecular formula is C17H26N2. The minimum Gasteiger partial charge on any atom is -0.368 e. The van der Waals surface area contributed by atoms with Crippen molar-refractivity contribution in [3.63, 3.8) is 0 Å². The Labute approximate surface area is 117 Å². The van der Waals surface area contributed by atoms with Crippen LogP contribution in [-0.2, 0) is 0 Å². The molecule has 2 heteroatoms. The van der Waals surface area contributed by atoms with E-state index in [0.29, 0.717) is 6.04 Å². The van der Waals surface area contributed by atoms with Crippen LogP contribution in [0, 0.1) is 5.92 Å². The zero-order valence-electron chi connectivity index (χ0n) is 12.2. The molecule has 3 unspecified atom stereocenters. The average molecular weight is 258 g/mol. The van der Waals surface area contributed by atoms with E-state index in [4.69, 9.17) is 0 Å². The van der Waals surface area contributed by atoms with Gasteiger partial charge in [0, 0.05) is 24.3 Å². The molecule has 1 N–H and O–H groups in total. The summed E-state index contributed by atoms with van der Waals surface area (Å²) in [5, 5.41) is 3.47. The highest BCUT2D eigenvalue weighted by atomic mass is 15.2. The van der Waals surface area contributed by atoms with Crippen LogP contribution in [0.3, 0.4) is 0 Å². The minimum absolute atomic E-state index is 0.536. The maximum atomic E-state index is 3.47. The third-order valence-corrected chi connectivity index (χ3v) is 4.98. The van der Waals surface area contributed by atoms with Gasteiger partial charge in [-0.3, -0.25) is 0 Å². The second kappa shape index (κ2) is 5.54. The Hall–Kier alpha value is -1.02. The molecule has 1 saturated carbocycles. The predicted molar refractivity (Wildman–Crippen MR) is 81.6 cm³/mol. The molecule has 104 valence electrons. The van der Waals surface area contributed by atoms with Gasteiger partial charge in [0.1, 0.15) is 0 Å². The van der Waals surface area contributed by atoms with Gasteiger partial charge in [-0.25, -0.2) is 0 Å². The summed E-state index contributed by atoms with van der Waals surface area (Å²) in [5.41, 5.74) is 2.97. The fourth-order valence-electron chi connectivity index (χ4n) is 3.95. The molecule has 1 heterocycles. The van der Waals surface area contributed by atoms with E-state index in [1.807, 2.05) is 0 Å². The molecule has 19 heavy (non-hydrogen) atoms. The number of nitrogens with one attached hydrogen (secondary N) is 1. The van der Waals surface area contributed by atoms with Crippen molar-refractivity contribution in [1.82, 2.24) is 5.32 Å². The van der Waals surface area contributed by atoms with Gasteiger partial charge in [-0.05, 0) is 43.9 Å². The van der Waals surface area contributed by atoms with E-state index in [1.165, 1.54) is 49.9 Å². The van der Waals surface area contributed by atoms with Crippen molar-refractivity contribution in [2.24, 2.45) is 5.92 Å². The Balaban J connectivity index is 1.87. The number of rotatable bonds is 2. The van der Waals surface area contributed by atoms with E-state index >= 15 is 0 Å². The average Bonchev–Trinajstić information content (AvgIpc) is 2.46. The number of hydrogen-bond donors (Lipinski definition) is 1. The van der Waals surface area contributed by atoms with Crippen molar-refractivity contribution in [3.05, 3.63) is 29.8 Å². The Kier molecular flexibility index (Phi) is 3.79. The minimum atomic E-state index is 0.536. The van der Waals surface area contributed by atoms with Gasteiger partial charge in [-0.2, -0.15) is 0 Å². The first kappa shape index (κ1) is 13.0. The number of anilines is 1. The summed E-state index contributed by atoms with van der Waals surface area (Å²) >= 11 is 0. The third kappa shape index (κ3) is 2.51. The summed E-state index contributed by atoms with van der Waals surface area (Å²) < 4.78 is 0. The van der Waals surface area contributed by atoms with Crippen LogP contribution in [-0.4, -0.2) is 19.6 Å². The molecule has 1 aromatic rings. The first-order chi connectivity index (χ1) is 9.29. The van der Waals surface area contributed by atoms with Gasteiger partial charge >= 0.3 is 0 Å². The number of nitrogens with zero attached hydrogens (tertiary/aromatic N) is 1. The second-order valence-electron chi connectivity index (χ2n) is 6.31. The topological polar surface area (TPSA) is 15.3 Å². The van der Waals surface area contributed by atoms with Gasteiger partial charge in [-0.1, -0.05) is 38.0 Å². The number of benzene rings is 1. The molecule has 2 aliphatic rings. The Morgan fingerprint density at radius 1 is 1.16 bits per heavy atom. The highest BCUT2D eigenvalue weighted by Crippen LogP contribution is 2.38. The molecule has 0 radical (unpaired) electrons. The lowest BCUT2D eigenvalue weighted by Crippen LogP contribution is -2.43. The molecule has 0 bridgehead atoms. The zero-order valence-corrected chi connectivity index (χ0v) is 12.2. The molecular weight excluding hydrogens is 232 g/mol. The van der Waals surface area contributed by atoms with Gasteiger partial charge in [0.05, 0.1) is 0 Å². The van der Waals surface area contributed by atoms with Gasteiger partial charge in [0.15, 0.2) is 0 Å². The van der Waals surface area contributed by atoms with Crippen LogP contribution in [0.25, 0.3) is 0 Å². The quantitative estimate of drug-likeness (QED) is 0.869. The lowest BCUT2D eigenvalue weighted by molar-refractivity contribution is 0.321. The van der Waals surface area contributed by atoms with Gasteiger partial charge in [0.25, 0.3) is 0 Å². The standard InChI is InChI=1S/C17H26N2/c1-13-6-5-7-14(12-13)19-11-10-16(18-2)15-8-3-4-9-17(15)19/h3-4,8-9,13-14,16,18H,5-7,10-12H2,1-2H3. The summed E-state index contributed by atoms with van der Waals surface area (Å²) in [4.78, 5) is 2.69. The normalized spacial score (nSPS) is 31.1. The van der Waals surface area contributed by atoms with Crippen LogP contribution in [0.5, 0.6) is 0 Å². The van der Waals surface area contributed by atoms with Crippen LogP contribution < -0.4 is 10.2 Å². The molecule has 0 amide bonds. The highest BCUT2D eigenvalue weighted by molar-refractivity contribution is 5.57. The van der Waals surface area contributed by atoms with Crippen LogP contribution in [0.15, 0.2) is 24.3 Å². The van der Waals surface area contributed by atoms with E-state index in [1.54, 1.807) is 0 Å². The molecule has 1 aliphatic heterocycles. The molecule has 3 rings (SSSR count). The van der Waals surface area contributed by atoms with Crippen molar-refractivity contribution in [2.45, 2.75) is 51.1 Å². The number of para-hydroxylation sites is 1. The molecule has 2 nitrogen and oxygen atoms in total. The van der Waals surface area contributed by atoms with E-state index in [0.717, 1.165) is 12.0 Å². The second-order valence-corrected chi connectivity index (χ2v) is 6.31. The van der Waals surface area contributed by atoms with E-state index in [-0.39, 0.29) is 0 Å². The van der Waals surface area contributed by atoms with Crippen molar-refractivity contribution in [1.29, 1.82) is 0 Å². The molecule has 3 atom stereocenters. The van der Waals surface area contributed by atoms with E-state index in [9.17, 15) is 0 Å². The Bertz CT molecular complexity index is 429. The zero-order chi connectivity index (χ0) is 13.2. The lowest BCUT2D eigenvalue weighted by atomic mass is 9.84. The van der Waals surface area contributed by atoms with Crippen molar-refractivity contribution < 1.29 is 0 Å². The first-order valence-electron chi connectivity index (χ1n) is 7.82. The molecule has 0 spiro atoms. The summed E-state index contributed by atoms with van der Waals surface area (Å²) in [7, 11) is 2.08. The Morgan fingerprint density at radius 3 is 2.79 bits per heavy atom. The van der Waals surface area contributed by atoms with Crippen molar-refractivity contribution in [2.75, 3.05) is 18.5 Å². The van der Waals surface area contributed by atoms with Crippen LogP contribution >= 0.6 is 0 Å². The van der Waals surface area contributed by atoms with Gasteiger partial charge < -0.3 is 10.2 Å². The number of fused-ring (bicyclic) bond motifs is 1. The largest absolute Gasteiger partial charge is 0.368 e. The smallest absolute Gasteiger partial charge is 0.0417 e. The fraction of sp³-hybridized carbons (Fsp3) is 0.647. The fourth-order valence-corrected chi connectivity index (χ4v) is 3.95. The van der Waals surface area contributed by atoms with Crippen molar-refractivity contribution in [3.8, 4) is 0 Å². The molecule has 1 aromatic carbocycles. The summed E-state index contributed by atoms with van der Waals surface area (Å²) in [6.45, 7) is 3.62. The van der Waals surface area contributed by atoms with Crippen LogP contribution in [0.4, 0.5) is 5.69 Å². The van der Waals surface area contributed by atoms with Gasteiger partial charge in [-0.15, -0.1) is 0 Å². The maximum Gasteiger partial charge on any atom is 0.0417 e. The summed E-state index contributed by atoms with van der Waals surface area (Å²) in [5.74, 6) is 0.896. The Morgan fingerprint density at radius 2 is 2.00 bits per heavy atom. The van der Waals surface area contributed by atoms with Gasteiger partial charge in [0.2, 0.25) is 0 Å². The summed E-state index contributed by atoms with van der Waals surface area (Å²) in [6.07, 6.45) is 6.81. The SMILES string of the molecule is CNC1CCN(C2CCCC(C)C2)c2ccccc21. The predicted octanol–water partition coefficient (Wildman–Crippen LogP) is 3.74. The van der Waals surface area contributed by atoms with E-state index in [2.05, 4.69) is 48.5 Å². The third-order valence-electron chi connectivity index (χ3n) is 4.98.